The van der Waals surface area contributed by atoms with Crippen LogP contribution in [0.25, 0.3) is 0 Å². The van der Waals surface area contributed by atoms with Gasteiger partial charge in [-0.3, -0.25) is 4.79 Å². The largest absolute Gasteiger partial charge is 0.359 e. The van der Waals surface area contributed by atoms with Crippen molar-refractivity contribution in [2.75, 3.05) is 5.48 Å². The lowest BCUT2D eigenvalue weighted by Crippen LogP contribution is -2.09. The van der Waals surface area contributed by atoms with Crippen molar-refractivity contribution in [2.45, 2.75) is 26.2 Å². The van der Waals surface area contributed by atoms with Gasteiger partial charge in [0.15, 0.2) is 0 Å². The first-order valence-electron chi connectivity index (χ1n) is 3.86. The van der Waals surface area contributed by atoms with Gasteiger partial charge in [0.05, 0.1) is 0 Å². The zero-order chi connectivity index (χ0) is 9.90. The molecule has 0 aliphatic rings. The molecule has 1 rings (SSSR count). The predicted octanol–water partition coefficient (Wildman–Crippen LogP) is 1.47. The molecule has 5 heteroatoms. The third-order valence-electron chi connectivity index (χ3n) is 1.46. The molecule has 0 saturated heterocycles. The van der Waals surface area contributed by atoms with Crippen LogP contribution in [0.3, 0.4) is 0 Å². The van der Waals surface area contributed by atoms with Crippen molar-refractivity contribution >= 4 is 12.3 Å². The molecule has 0 unspecified atom stereocenters. The normalized spacial score (nSPS) is 11.0. The van der Waals surface area contributed by atoms with E-state index in [1.54, 1.807) is 6.07 Å². The fraction of sp³-hybridized carbons (Fsp3) is 0.500. The molecular weight excluding hydrogens is 172 g/mol. The molecule has 1 aromatic heterocycles. The van der Waals surface area contributed by atoms with E-state index in [0.29, 0.717) is 5.82 Å². The summed E-state index contributed by atoms with van der Waals surface area (Å²) in [4.78, 5) is 14.1. The first kappa shape index (κ1) is 9.57. The van der Waals surface area contributed by atoms with E-state index in [1.165, 1.54) is 0 Å². The second kappa shape index (κ2) is 3.47. The van der Waals surface area contributed by atoms with Crippen LogP contribution >= 0.6 is 0 Å². The van der Waals surface area contributed by atoms with Gasteiger partial charge in [0, 0.05) is 11.5 Å². The Labute approximate surface area is 76.0 Å². The number of nitrogens with one attached hydrogen (secondary N) is 1. The van der Waals surface area contributed by atoms with E-state index in [9.17, 15) is 4.79 Å². The van der Waals surface area contributed by atoms with Gasteiger partial charge in [-0.2, -0.15) is 5.48 Å². The first-order valence-corrected chi connectivity index (χ1v) is 3.86. The molecule has 0 aromatic carbocycles. The maximum absolute atomic E-state index is 9.84. The van der Waals surface area contributed by atoms with E-state index in [2.05, 4.69) is 15.5 Å². The van der Waals surface area contributed by atoms with E-state index in [0.717, 1.165) is 5.76 Å². The van der Waals surface area contributed by atoms with Crippen LogP contribution in [0.2, 0.25) is 0 Å². The standard InChI is InChI=1S/C8H12N2O3/c1-8(2,3)6-4-7(10-13-6)9-12-5-11/h4-5H,1-3H3,(H,9,10). The van der Waals surface area contributed by atoms with Gasteiger partial charge in [-0.15, -0.1) is 0 Å². The lowest BCUT2D eigenvalue weighted by atomic mass is 9.93. The molecule has 0 aliphatic heterocycles. The van der Waals surface area contributed by atoms with Crippen molar-refractivity contribution in [3.63, 3.8) is 0 Å². The Kier molecular flexibility index (Phi) is 2.55. The zero-order valence-corrected chi connectivity index (χ0v) is 7.83. The molecule has 0 fully saturated rings. The van der Waals surface area contributed by atoms with Crippen LogP contribution in [0.5, 0.6) is 0 Å². The number of hydrogen-bond acceptors (Lipinski definition) is 5. The SMILES string of the molecule is CC(C)(C)c1cc(NOC=O)no1. The van der Waals surface area contributed by atoms with Crippen molar-refractivity contribution in [1.29, 1.82) is 0 Å². The summed E-state index contributed by atoms with van der Waals surface area (Å²) in [7, 11) is 0. The maximum atomic E-state index is 9.84. The average molecular weight is 184 g/mol. The smallest absolute Gasteiger partial charge is 0.320 e. The second-order valence-corrected chi connectivity index (χ2v) is 3.64. The molecule has 0 amide bonds. The molecule has 13 heavy (non-hydrogen) atoms. The average Bonchev–Trinajstić information content (AvgIpc) is 2.47. The summed E-state index contributed by atoms with van der Waals surface area (Å²) in [5.74, 6) is 1.11. The summed E-state index contributed by atoms with van der Waals surface area (Å²) in [5.41, 5.74) is 2.21. The van der Waals surface area contributed by atoms with Gasteiger partial charge in [-0.1, -0.05) is 25.9 Å². The third-order valence-corrected chi connectivity index (χ3v) is 1.46. The molecule has 0 radical (unpaired) electrons. The topological polar surface area (TPSA) is 64.4 Å². The van der Waals surface area contributed by atoms with E-state index < -0.39 is 0 Å². The Balaban J connectivity index is 2.69. The Morgan fingerprint density at radius 3 is 2.77 bits per heavy atom. The molecule has 5 nitrogen and oxygen atoms in total. The summed E-state index contributed by atoms with van der Waals surface area (Å²) in [6.07, 6.45) is 0. The summed E-state index contributed by atoms with van der Waals surface area (Å²) in [6, 6.07) is 1.68. The molecule has 0 saturated carbocycles. The first-order chi connectivity index (χ1) is 6.04. The van der Waals surface area contributed by atoms with E-state index in [4.69, 9.17) is 4.52 Å². The molecule has 1 aromatic rings. The molecular formula is C8H12N2O3. The van der Waals surface area contributed by atoms with Gasteiger partial charge in [0.2, 0.25) is 5.82 Å². The highest BCUT2D eigenvalue weighted by Gasteiger charge is 2.19. The van der Waals surface area contributed by atoms with Crippen molar-refractivity contribution in [3.05, 3.63) is 11.8 Å². The third kappa shape index (κ3) is 2.47. The van der Waals surface area contributed by atoms with E-state index in [1.807, 2.05) is 20.8 Å². The maximum Gasteiger partial charge on any atom is 0.320 e. The number of aromatic nitrogens is 1. The minimum absolute atomic E-state index is 0.103. The van der Waals surface area contributed by atoms with Gasteiger partial charge < -0.3 is 9.36 Å². The summed E-state index contributed by atoms with van der Waals surface area (Å²) >= 11 is 0. The van der Waals surface area contributed by atoms with Crippen molar-refractivity contribution in [3.8, 4) is 0 Å². The Morgan fingerprint density at radius 2 is 2.31 bits per heavy atom. The molecule has 72 valence electrons. The van der Waals surface area contributed by atoms with Crippen LogP contribution in [0.15, 0.2) is 10.6 Å². The molecule has 1 N–H and O–H groups in total. The number of hydrogen-bond donors (Lipinski definition) is 1. The minimum Gasteiger partial charge on any atom is -0.359 e. The van der Waals surface area contributed by atoms with Gasteiger partial charge in [-0.25, -0.2) is 0 Å². The quantitative estimate of drug-likeness (QED) is 0.569. The lowest BCUT2D eigenvalue weighted by Gasteiger charge is -2.11. The lowest BCUT2D eigenvalue weighted by molar-refractivity contribution is -0.126. The van der Waals surface area contributed by atoms with Gasteiger partial charge in [0.1, 0.15) is 5.76 Å². The fourth-order valence-electron chi connectivity index (χ4n) is 0.761. The van der Waals surface area contributed by atoms with Crippen LogP contribution in [0.4, 0.5) is 5.82 Å². The number of anilines is 1. The summed E-state index contributed by atoms with van der Waals surface area (Å²) in [6.45, 7) is 6.28. The highest BCUT2D eigenvalue weighted by Crippen LogP contribution is 2.24. The predicted molar refractivity (Wildman–Crippen MR) is 46.0 cm³/mol. The van der Waals surface area contributed by atoms with Crippen LogP contribution in [-0.4, -0.2) is 11.6 Å². The van der Waals surface area contributed by atoms with E-state index >= 15 is 0 Å². The van der Waals surface area contributed by atoms with Crippen molar-refractivity contribution in [2.24, 2.45) is 0 Å². The molecule has 0 bridgehead atoms. The molecule has 0 atom stereocenters. The number of rotatable bonds is 3. The minimum atomic E-state index is -0.103. The Hall–Kier alpha value is -1.52. The fourth-order valence-corrected chi connectivity index (χ4v) is 0.761. The van der Waals surface area contributed by atoms with Crippen molar-refractivity contribution < 1.29 is 14.2 Å². The number of carbonyl (C=O) groups excluding carboxylic acids is 1. The monoisotopic (exact) mass is 184 g/mol. The van der Waals surface area contributed by atoms with Crippen LogP contribution < -0.4 is 5.48 Å². The zero-order valence-electron chi connectivity index (χ0n) is 7.83. The molecule has 1 heterocycles. The van der Waals surface area contributed by atoms with Crippen LogP contribution in [-0.2, 0) is 15.0 Å². The highest BCUT2D eigenvalue weighted by molar-refractivity contribution is 5.42. The summed E-state index contributed by atoms with van der Waals surface area (Å²) < 4.78 is 5.02. The van der Waals surface area contributed by atoms with Crippen LogP contribution in [0.1, 0.15) is 26.5 Å². The Morgan fingerprint density at radius 1 is 1.62 bits per heavy atom. The molecule has 0 spiro atoms. The Bertz CT molecular complexity index is 288. The van der Waals surface area contributed by atoms with Gasteiger partial charge >= 0.3 is 6.47 Å². The number of carbonyl (C=O) groups is 1. The molecule has 0 aliphatic carbocycles. The summed E-state index contributed by atoms with van der Waals surface area (Å²) in [5, 5.41) is 3.65. The van der Waals surface area contributed by atoms with Gasteiger partial charge in [0.25, 0.3) is 0 Å². The van der Waals surface area contributed by atoms with Crippen molar-refractivity contribution in [1.82, 2.24) is 5.16 Å². The highest BCUT2D eigenvalue weighted by atomic mass is 16.7. The number of nitrogens with zero attached hydrogens (tertiary/aromatic N) is 1. The van der Waals surface area contributed by atoms with E-state index in [-0.39, 0.29) is 11.9 Å². The van der Waals surface area contributed by atoms with Crippen LogP contribution in [0, 0.1) is 0 Å². The van der Waals surface area contributed by atoms with Gasteiger partial charge in [-0.05, 0) is 0 Å². The second-order valence-electron chi connectivity index (χ2n) is 3.64.